The highest BCUT2D eigenvalue weighted by molar-refractivity contribution is 7.07. The van der Waals surface area contributed by atoms with Crippen molar-refractivity contribution >= 4 is 17.2 Å². The quantitative estimate of drug-likeness (QED) is 0.851. The minimum Gasteiger partial charge on any atom is -0.381 e. The third-order valence-corrected chi connectivity index (χ3v) is 5.68. The highest BCUT2D eigenvalue weighted by atomic mass is 32.1. The van der Waals surface area contributed by atoms with Crippen molar-refractivity contribution in [3.05, 3.63) is 22.4 Å². The lowest BCUT2D eigenvalue weighted by atomic mass is 9.88. The average molecular weight is 308 g/mol. The second-order valence-electron chi connectivity index (χ2n) is 6.04. The highest BCUT2D eigenvalue weighted by Crippen LogP contribution is 2.32. The van der Waals surface area contributed by atoms with E-state index in [4.69, 9.17) is 4.74 Å². The zero-order valence-electron chi connectivity index (χ0n) is 12.8. The summed E-state index contributed by atoms with van der Waals surface area (Å²) < 4.78 is 5.67. The highest BCUT2D eigenvalue weighted by Gasteiger charge is 2.45. The summed E-state index contributed by atoms with van der Waals surface area (Å²) in [7, 11) is 1.80. The van der Waals surface area contributed by atoms with Gasteiger partial charge in [-0.2, -0.15) is 11.3 Å². The van der Waals surface area contributed by atoms with E-state index in [2.05, 4.69) is 28.2 Å². The maximum atomic E-state index is 12.7. The Hall–Kier alpha value is -0.910. The van der Waals surface area contributed by atoms with E-state index in [1.165, 1.54) is 0 Å². The molecule has 0 radical (unpaired) electrons. The first-order valence-corrected chi connectivity index (χ1v) is 8.73. The van der Waals surface area contributed by atoms with Gasteiger partial charge in [0.15, 0.2) is 0 Å². The molecule has 3 atom stereocenters. The summed E-state index contributed by atoms with van der Waals surface area (Å²) in [5.74, 6) is 0.742. The second-order valence-corrected chi connectivity index (χ2v) is 6.82. The number of likely N-dealkylation sites (N-methyl/N-ethyl adjacent to an activating group) is 1. The monoisotopic (exact) mass is 308 g/mol. The van der Waals surface area contributed by atoms with Crippen LogP contribution in [0.15, 0.2) is 16.8 Å². The van der Waals surface area contributed by atoms with Gasteiger partial charge >= 0.3 is 0 Å². The number of methoxy groups -OCH3 is 1. The second kappa shape index (κ2) is 6.46. The molecule has 2 aliphatic rings. The standard InChI is InChI=1S/C16H24N2O2S/c1-3-17-9-13-14(10-17)18(6-4-15(13)20-2)16(19)8-12-5-7-21-11-12/h5,7,11,13-15H,3-4,6,8-10H2,1-2H3/t13-,14+,15-/m0/s1. The fraction of sp³-hybridized carbons (Fsp3) is 0.688. The summed E-state index contributed by atoms with van der Waals surface area (Å²) in [6.45, 7) is 6.13. The van der Waals surface area contributed by atoms with Crippen molar-refractivity contribution in [2.75, 3.05) is 33.3 Å². The van der Waals surface area contributed by atoms with E-state index in [1.54, 1.807) is 18.4 Å². The maximum Gasteiger partial charge on any atom is 0.227 e. The predicted octanol–water partition coefficient (Wildman–Crippen LogP) is 1.86. The Morgan fingerprint density at radius 2 is 2.33 bits per heavy atom. The normalized spacial score (nSPS) is 29.6. The minimum absolute atomic E-state index is 0.274. The molecule has 0 unspecified atom stereocenters. The molecule has 2 aliphatic heterocycles. The van der Waals surface area contributed by atoms with E-state index in [9.17, 15) is 4.79 Å². The molecule has 5 heteroatoms. The van der Waals surface area contributed by atoms with Crippen LogP contribution in [0.25, 0.3) is 0 Å². The Kier molecular flexibility index (Phi) is 4.62. The molecule has 0 bridgehead atoms. The van der Waals surface area contributed by atoms with E-state index in [0.29, 0.717) is 24.5 Å². The van der Waals surface area contributed by atoms with E-state index in [-0.39, 0.29) is 5.91 Å². The van der Waals surface area contributed by atoms with Crippen molar-refractivity contribution in [2.45, 2.75) is 31.9 Å². The van der Waals surface area contributed by atoms with Crippen LogP contribution in [0.1, 0.15) is 18.9 Å². The molecule has 1 aromatic heterocycles. The van der Waals surface area contributed by atoms with Crippen LogP contribution in [-0.2, 0) is 16.0 Å². The number of rotatable bonds is 4. The number of fused-ring (bicyclic) bond motifs is 1. The van der Waals surface area contributed by atoms with Gasteiger partial charge in [-0.1, -0.05) is 6.92 Å². The van der Waals surface area contributed by atoms with Crippen LogP contribution in [0.4, 0.5) is 0 Å². The van der Waals surface area contributed by atoms with Crippen molar-refractivity contribution in [1.82, 2.24) is 9.80 Å². The molecule has 2 fully saturated rings. The van der Waals surface area contributed by atoms with Crippen LogP contribution in [0.3, 0.4) is 0 Å². The molecule has 116 valence electrons. The van der Waals surface area contributed by atoms with Gasteiger partial charge in [-0.05, 0) is 35.4 Å². The van der Waals surface area contributed by atoms with Crippen LogP contribution in [0.5, 0.6) is 0 Å². The number of amides is 1. The number of piperidine rings is 1. The molecule has 4 nitrogen and oxygen atoms in total. The molecule has 3 heterocycles. The Bertz CT molecular complexity index is 477. The molecule has 0 saturated carbocycles. The zero-order chi connectivity index (χ0) is 14.8. The number of ether oxygens (including phenoxy) is 1. The topological polar surface area (TPSA) is 32.8 Å². The lowest BCUT2D eigenvalue weighted by Crippen LogP contribution is -2.54. The summed E-state index contributed by atoms with van der Waals surface area (Å²) >= 11 is 1.66. The van der Waals surface area contributed by atoms with Gasteiger partial charge < -0.3 is 14.5 Å². The van der Waals surface area contributed by atoms with Gasteiger partial charge in [0.25, 0.3) is 0 Å². The molecule has 21 heavy (non-hydrogen) atoms. The summed E-state index contributed by atoms with van der Waals surface area (Å²) in [4.78, 5) is 17.2. The number of nitrogens with zero attached hydrogens (tertiary/aromatic N) is 2. The smallest absolute Gasteiger partial charge is 0.227 e. The summed E-state index contributed by atoms with van der Waals surface area (Å²) in [6.07, 6.45) is 1.80. The Balaban J connectivity index is 1.72. The molecular weight excluding hydrogens is 284 g/mol. The third kappa shape index (κ3) is 3.00. The van der Waals surface area contributed by atoms with E-state index < -0.39 is 0 Å². The SMILES string of the molecule is CCN1C[C@@H]2[C@@H](OC)CCN(C(=O)Cc3ccsc3)[C@@H]2C1. The third-order valence-electron chi connectivity index (χ3n) is 4.95. The lowest BCUT2D eigenvalue weighted by molar-refractivity contribution is -0.138. The molecule has 0 spiro atoms. The van der Waals surface area contributed by atoms with Crippen molar-refractivity contribution < 1.29 is 9.53 Å². The Morgan fingerprint density at radius 3 is 3.00 bits per heavy atom. The average Bonchev–Trinajstić information content (AvgIpc) is 3.14. The summed E-state index contributed by atoms with van der Waals surface area (Å²) in [6, 6.07) is 2.38. The van der Waals surface area contributed by atoms with Crippen molar-refractivity contribution in [2.24, 2.45) is 5.92 Å². The van der Waals surface area contributed by atoms with Crippen LogP contribution in [0, 0.1) is 5.92 Å². The molecule has 1 aromatic rings. The number of thiophene rings is 1. The molecule has 2 saturated heterocycles. The maximum absolute atomic E-state index is 12.7. The summed E-state index contributed by atoms with van der Waals surface area (Å²) in [5.41, 5.74) is 1.14. The Labute approximate surface area is 130 Å². The van der Waals surface area contributed by atoms with Gasteiger partial charge in [0.05, 0.1) is 18.6 Å². The zero-order valence-corrected chi connectivity index (χ0v) is 13.6. The molecular formula is C16H24N2O2S. The van der Waals surface area contributed by atoms with Gasteiger partial charge in [0.2, 0.25) is 5.91 Å². The first-order valence-electron chi connectivity index (χ1n) is 7.78. The van der Waals surface area contributed by atoms with Crippen LogP contribution in [-0.4, -0.2) is 61.1 Å². The lowest BCUT2D eigenvalue weighted by Gasteiger charge is -2.41. The fourth-order valence-electron chi connectivity index (χ4n) is 3.77. The largest absolute Gasteiger partial charge is 0.381 e. The number of hydrogen-bond donors (Lipinski definition) is 0. The van der Waals surface area contributed by atoms with Crippen molar-refractivity contribution in [3.8, 4) is 0 Å². The molecule has 0 aromatic carbocycles. The number of carbonyl (C=O) groups excluding carboxylic acids is 1. The molecule has 0 N–H and O–H groups in total. The van der Waals surface area contributed by atoms with Crippen molar-refractivity contribution in [1.29, 1.82) is 0 Å². The van der Waals surface area contributed by atoms with Gasteiger partial charge in [-0.15, -0.1) is 0 Å². The van der Waals surface area contributed by atoms with E-state index in [1.807, 2.05) is 5.38 Å². The number of likely N-dealkylation sites (tertiary alicyclic amines) is 2. The molecule has 1 amide bonds. The fourth-order valence-corrected chi connectivity index (χ4v) is 4.43. The number of hydrogen-bond acceptors (Lipinski definition) is 4. The van der Waals surface area contributed by atoms with Gasteiger partial charge in [0.1, 0.15) is 0 Å². The summed E-state index contributed by atoms with van der Waals surface area (Å²) in [5, 5.41) is 4.11. The molecule has 0 aliphatic carbocycles. The van der Waals surface area contributed by atoms with Gasteiger partial charge in [-0.25, -0.2) is 0 Å². The first-order chi connectivity index (χ1) is 10.2. The van der Waals surface area contributed by atoms with Gasteiger partial charge in [0, 0.05) is 32.7 Å². The Morgan fingerprint density at radius 1 is 1.48 bits per heavy atom. The van der Waals surface area contributed by atoms with E-state index in [0.717, 1.165) is 38.2 Å². The van der Waals surface area contributed by atoms with Crippen molar-refractivity contribution in [3.63, 3.8) is 0 Å². The minimum atomic E-state index is 0.274. The van der Waals surface area contributed by atoms with Crippen LogP contribution < -0.4 is 0 Å². The van der Waals surface area contributed by atoms with Gasteiger partial charge in [-0.3, -0.25) is 4.79 Å². The van der Waals surface area contributed by atoms with E-state index >= 15 is 0 Å². The predicted molar refractivity (Wildman–Crippen MR) is 84.5 cm³/mol. The first kappa shape index (κ1) is 15.0. The van der Waals surface area contributed by atoms with Crippen LogP contribution >= 0.6 is 11.3 Å². The van der Waals surface area contributed by atoms with Crippen LogP contribution in [0.2, 0.25) is 0 Å². The molecule has 3 rings (SSSR count). The number of carbonyl (C=O) groups is 1.